The molecule has 0 aliphatic heterocycles. The standard InChI is InChI=1S/C16H21N5/c1-5-8-20-14(17)13(19-15(20)16(2,3)4)12-9-18-10-21(12)11-6-7-11/h1,9-11H,6-8,17H2,2-4H3. The molecule has 0 atom stereocenters. The molecule has 0 saturated heterocycles. The van der Waals surface area contributed by atoms with Crippen LogP contribution in [0.15, 0.2) is 12.5 Å². The second kappa shape index (κ2) is 4.66. The monoisotopic (exact) mass is 283 g/mol. The zero-order valence-corrected chi connectivity index (χ0v) is 12.8. The first-order valence-electron chi connectivity index (χ1n) is 7.25. The van der Waals surface area contributed by atoms with Crippen LogP contribution in [-0.2, 0) is 12.0 Å². The zero-order valence-electron chi connectivity index (χ0n) is 12.8. The van der Waals surface area contributed by atoms with Crippen molar-refractivity contribution in [1.29, 1.82) is 0 Å². The Balaban J connectivity index is 2.15. The molecule has 2 N–H and O–H groups in total. The van der Waals surface area contributed by atoms with E-state index in [-0.39, 0.29) is 5.41 Å². The number of aromatic nitrogens is 4. The van der Waals surface area contributed by atoms with Gasteiger partial charge in [-0.25, -0.2) is 9.97 Å². The zero-order chi connectivity index (χ0) is 15.2. The van der Waals surface area contributed by atoms with Crippen molar-refractivity contribution >= 4 is 5.82 Å². The molecule has 0 spiro atoms. The Bertz CT molecular complexity index is 704. The lowest BCUT2D eigenvalue weighted by molar-refractivity contribution is 0.517. The highest BCUT2D eigenvalue weighted by Crippen LogP contribution is 2.40. The molecule has 1 saturated carbocycles. The van der Waals surface area contributed by atoms with Crippen molar-refractivity contribution in [2.75, 3.05) is 5.73 Å². The van der Waals surface area contributed by atoms with E-state index in [1.165, 1.54) is 12.8 Å². The molecule has 0 radical (unpaired) electrons. The molecular formula is C16H21N5. The SMILES string of the molecule is C#CCn1c(C(C)(C)C)nc(-c2cncn2C2CC2)c1N. The van der Waals surface area contributed by atoms with Gasteiger partial charge in [-0.1, -0.05) is 26.7 Å². The summed E-state index contributed by atoms with van der Waals surface area (Å²) < 4.78 is 4.10. The number of hydrogen-bond acceptors (Lipinski definition) is 3. The molecule has 3 rings (SSSR count). The number of anilines is 1. The first kappa shape index (κ1) is 13.7. The lowest BCUT2D eigenvalue weighted by Gasteiger charge is -2.18. The summed E-state index contributed by atoms with van der Waals surface area (Å²) >= 11 is 0. The number of hydrogen-bond donors (Lipinski definition) is 1. The summed E-state index contributed by atoms with van der Waals surface area (Å²) in [7, 11) is 0. The van der Waals surface area contributed by atoms with Crippen LogP contribution >= 0.6 is 0 Å². The maximum Gasteiger partial charge on any atom is 0.134 e. The third kappa shape index (κ3) is 2.31. The van der Waals surface area contributed by atoms with E-state index in [2.05, 4.69) is 36.2 Å². The topological polar surface area (TPSA) is 61.7 Å². The quantitative estimate of drug-likeness (QED) is 0.881. The van der Waals surface area contributed by atoms with E-state index in [0.717, 1.165) is 17.2 Å². The maximum absolute atomic E-state index is 6.33. The van der Waals surface area contributed by atoms with E-state index in [0.29, 0.717) is 18.4 Å². The predicted molar refractivity (Wildman–Crippen MR) is 83.7 cm³/mol. The van der Waals surface area contributed by atoms with E-state index in [4.69, 9.17) is 17.1 Å². The number of terminal acetylenes is 1. The summed E-state index contributed by atoms with van der Waals surface area (Å²) in [4.78, 5) is 9.06. The van der Waals surface area contributed by atoms with Crippen LogP contribution in [0, 0.1) is 12.3 Å². The van der Waals surface area contributed by atoms with Crippen molar-refractivity contribution in [3.63, 3.8) is 0 Å². The van der Waals surface area contributed by atoms with Crippen LogP contribution in [0.3, 0.4) is 0 Å². The highest BCUT2D eigenvalue weighted by atomic mass is 15.2. The molecular weight excluding hydrogens is 262 g/mol. The average molecular weight is 283 g/mol. The molecule has 1 aliphatic carbocycles. The van der Waals surface area contributed by atoms with Gasteiger partial charge in [-0.3, -0.25) is 0 Å². The highest BCUT2D eigenvalue weighted by molar-refractivity contribution is 5.68. The maximum atomic E-state index is 6.33. The third-order valence-corrected chi connectivity index (χ3v) is 3.78. The third-order valence-electron chi connectivity index (χ3n) is 3.78. The summed E-state index contributed by atoms with van der Waals surface area (Å²) in [5, 5.41) is 0. The molecule has 1 aliphatic rings. The minimum absolute atomic E-state index is 0.117. The van der Waals surface area contributed by atoms with Crippen molar-refractivity contribution in [1.82, 2.24) is 19.1 Å². The van der Waals surface area contributed by atoms with Gasteiger partial charge in [0.1, 0.15) is 17.3 Å². The van der Waals surface area contributed by atoms with Crippen LogP contribution < -0.4 is 5.73 Å². The normalized spacial score (nSPS) is 15.1. The number of imidazole rings is 2. The molecule has 0 bridgehead atoms. The molecule has 0 unspecified atom stereocenters. The molecule has 21 heavy (non-hydrogen) atoms. The van der Waals surface area contributed by atoms with Gasteiger partial charge < -0.3 is 14.9 Å². The Morgan fingerprint density at radius 1 is 1.43 bits per heavy atom. The molecule has 2 heterocycles. The van der Waals surface area contributed by atoms with Gasteiger partial charge in [-0.15, -0.1) is 6.42 Å². The van der Waals surface area contributed by atoms with Gasteiger partial charge in [-0.2, -0.15) is 0 Å². The Morgan fingerprint density at radius 2 is 2.14 bits per heavy atom. The fraction of sp³-hybridized carbons (Fsp3) is 0.500. The first-order valence-corrected chi connectivity index (χ1v) is 7.25. The molecule has 5 nitrogen and oxygen atoms in total. The smallest absolute Gasteiger partial charge is 0.134 e. The van der Waals surface area contributed by atoms with Gasteiger partial charge in [0.15, 0.2) is 0 Å². The van der Waals surface area contributed by atoms with E-state index in [9.17, 15) is 0 Å². The summed E-state index contributed by atoms with van der Waals surface area (Å²) in [5.41, 5.74) is 7.99. The van der Waals surface area contributed by atoms with Gasteiger partial charge in [0.2, 0.25) is 0 Å². The average Bonchev–Trinajstić information content (AvgIpc) is 3.05. The first-order chi connectivity index (χ1) is 9.93. The Morgan fingerprint density at radius 3 is 2.71 bits per heavy atom. The van der Waals surface area contributed by atoms with Crippen molar-refractivity contribution in [2.45, 2.75) is 51.6 Å². The van der Waals surface area contributed by atoms with Crippen molar-refractivity contribution < 1.29 is 0 Å². The fourth-order valence-electron chi connectivity index (χ4n) is 2.61. The Labute approximate surface area is 125 Å². The van der Waals surface area contributed by atoms with Crippen molar-refractivity contribution in [2.24, 2.45) is 0 Å². The van der Waals surface area contributed by atoms with Crippen LogP contribution in [0.2, 0.25) is 0 Å². The second-order valence-corrected chi connectivity index (χ2v) is 6.63. The van der Waals surface area contributed by atoms with Gasteiger partial charge in [0, 0.05) is 11.5 Å². The van der Waals surface area contributed by atoms with Crippen molar-refractivity contribution in [3.05, 3.63) is 18.3 Å². The summed E-state index contributed by atoms with van der Waals surface area (Å²) in [5.74, 6) is 4.20. The lowest BCUT2D eigenvalue weighted by atomic mass is 9.95. The number of nitrogens with zero attached hydrogens (tertiary/aromatic N) is 4. The number of nitrogen functional groups attached to an aromatic ring is 1. The van der Waals surface area contributed by atoms with Crippen molar-refractivity contribution in [3.8, 4) is 23.7 Å². The lowest BCUT2D eigenvalue weighted by Crippen LogP contribution is -2.19. The summed E-state index contributed by atoms with van der Waals surface area (Å²) in [6, 6.07) is 0.540. The number of rotatable bonds is 3. The molecule has 5 heteroatoms. The molecule has 2 aromatic rings. The van der Waals surface area contributed by atoms with Crippen LogP contribution in [0.1, 0.15) is 45.5 Å². The van der Waals surface area contributed by atoms with Crippen LogP contribution in [0.25, 0.3) is 11.4 Å². The minimum Gasteiger partial charge on any atom is -0.383 e. The van der Waals surface area contributed by atoms with Crippen LogP contribution in [-0.4, -0.2) is 19.1 Å². The van der Waals surface area contributed by atoms with Crippen LogP contribution in [0.5, 0.6) is 0 Å². The molecule has 1 fully saturated rings. The minimum atomic E-state index is -0.117. The molecule has 0 aromatic carbocycles. The summed E-state index contributed by atoms with van der Waals surface area (Å²) in [6.07, 6.45) is 11.6. The number of nitrogens with two attached hydrogens (primary N) is 1. The Kier molecular flexibility index (Phi) is 3.05. The van der Waals surface area contributed by atoms with Gasteiger partial charge >= 0.3 is 0 Å². The summed E-state index contributed by atoms with van der Waals surface area (Å²) in [6.45, 7) is 6.78. The molecule has 110 valence electrons. The second-order valence-electron chi connectivity index (χ2n) is 6.63. The van der Waals surface area contributed by atoms with E-state index in [1.807, 2.05) is 17.1 Å². The van der Waals surface area contributed by atoms with E-state index < -0.39 is 0 Å². The van der Waals surface area contributed by atoms with Gasteiger partial charge in [0.05, 0.1) is 24.8 Å². The fourth-order valence-corrected chi connectivity index (χ4v) is 2.61. The van der Waals surface area contributed by atoms with E-state index >= 15 is 0 Å². The largest absolute Gasteiger partial charge is 0.383 e. The predicted octanol–water partition coefficient (Wildman–Crippen LogP) is 2.59. The van der Waals surface area contributed by atoms with Gasteiger partial charge in [0.25, 0.3) is 0 Å². The highest BCUT2D eigenvalue weighted by Gasteiger charge is 2.30. The van der Waals surface area contributed by atoms with E-state index in [1.54, 1.807) is 0 Å². The van der Waals surface area contributed by atoms with Crippen LogP contribution in [0.4, 0.5) is 5.82 Å². The molecule has 0 amide bonds. The Hall–Kier alpha value is -2.22. The molecule has 2 aromatic heterocycles. The van der Waals surface area contributed by atoms with Gasteiger partial charge in [-0.05, 0) is 12.8 Å².